The number of unbranched alkanes of at least 4 members (excludes halogenated alkanes) is 1. The van der Waals surface area contributed by atoms with Gasteiger partial charge in [-0.3, -0.25) is 4.79 Å². The molecule has 21 heavy (non-hydrogen) atoms. The highest BCUT2D eigenvalue weighted by molar-refractivity contribution is 5.70. The summed E-state index contributed by atoms with van der Waals surface area (Å²) in [5, 5.41) is 0. The zero-order valence-corrected chi connectivity index (χ0v) is 13.2. The van der Waals surface area contributed by atoms with Crippen molar-refractivity contribution >= 4 is 5.97 Å². The third kappa shape index (κ3) is 5.17. The molecule has 118 valence electrons. The highest BCUT2D eigenvalue weighted by atomic mass is 16.5. The monoisotopic (exact) mass is 296 g/mol. The van der Waals surface area contributed by atoms with Crippen molar-refractivity contribution in [2.24, 2.45) is 0 Å². The fourth-order valence-electron chi connectivity index (χ4n) is 1.95. The molecule has 5 heteroatoms. The molecular formula is C16H24O5. The Hall–Kier alpha value is -1.91. The average molecular weight is 296 g/mol. The Morgan fingerprint density at radius 1 is 1.05 bits per heavy atom. The Morgan fingerprint density at radius 3 is 2.14 bits per heavy atom. The summed E-state index contributed by atoms with van der Waals surface area (Å²) in [5.41, 5.74) is 0.841. The summed E-state index contributed by atoms with van der Waals surface area (Å²) in [6, 6.07) is 3.56. The number of carbonyl (C=O) groups is 1. The molecule has 0 aliphatic rings. The SMILES string of the molecule is CCCCOC(=O)CCc1c(OC)cc(OC)cc1OC. The number of ether oxygens (including phenoxy) is 4. The van der Waals surface area contributed by atoms with E-state index in [4.69, 9.17) is 18.9 Å². The van der Waals surface area contributed by atoms with Crippen LogP contribution in [0.5, 0.6) is 17.2 Å². The molecule has 0 amide bonds. The van der Waals surface area contributed by atoms with Gasteiger partial charge in [-0.25, -0.2) is 0 Å². The first kappa shape index (κ1) is 17.1. The van der Waals surface area contributed by atoms with Crippen LogP contribution in [-0.4, -0.2) is 33.9 Å². The number of esters is 1. The van der Waals surface area contributed by atoms with Crippen molar-refractivity contribution in [2.45, 2.75) is 32.6 Å². The molecule has 0 saturated heterocycles. The molecule has 0 spiro atoms. The highest BCUT2D eigenvalue weighted by Crippen LogP contribution is 2.34. The molecule has 0 atom stereocenters. The van der Waals surface area contributed by atoms with E-state index >= 15 is 0 Å². The van der Waals surface area contributed by atoms with Gasteiger partial charge in [0.05, 0.1) is 27.9 Å². The van der Waals surface area contributed by atoms with Crippen molar-refractivity contribution in [3.8, 4) is 17.2 Å². The predicted octanol–water partition coefficient (Wildman–Crippen LogP) is 2.99. The molecule has 0 aromatic heterocycles. The van der Waals surface area contributed by atoms with Gasteiger partial charge in [-0.05, 0) is 12.8 Å². The van der Waals surface area contributed by atoms with Gasteiger partial charge in [0.2, 0.25) is 0 Å². The maximum Gasteiger partial charge on any atom is 0.306 e. The molecule has 0 radical (unpaired) electrons. The smallest absolute Gasteiger partial charge is 0.306 e. The van der Waals surface area contributed by atoms with Crippen molar-refractivity contribution in [1.82, 2.24) is 0 Å². The lowest BCUT2D eigenvalue weighted by Gasteiger charge is -2.14. The molecule has 0 N–H and O–H groups in total. The lowest BCUT2D eigenvalue weighted by atomic mass is 10.1. The molecule has 1 aromatic carbocycles. The Bertz CT molecular complexity index is 431. The van der Waals surface area contributed by atoms with Crippen LogP contribution in [0, 0.1) is 0 Å². The minimum atomic E-state index is -0.205. The van der Waals surface area contributed by atoms with E-state index in [0.29, 0.717) is 36.7 Å². The van der Waals surface area contributed by atoms with E-state index in [-0.39, 0.29) is 5.97 Å². The van der Waals surface area contributed by atoms with E-state index < -0.39 is 0 Å². The second-order valence-electron chi connectivity index (χ2n) is 4.58. The van der Waals surface area contributed by atoms with Gasteiger partial charge in [0.15, 0.2) is 0 Å². The summed E-state index contributed by atoms with van der Waals surface area (Å²) in [6.07, 6.45) is 2.69. The van der Waals surface area contributed by atoms with E-state index in [1.165, 1.54) is 0 Å². The van der Waals surface area contributed by atoms with Crippen LogP contribution in [0.4, 0.5) is 0 Å². The van der Waals surface area contributed by atoms with E-state index in [9.17, 15) is 4.79 Å². The van der Waals surface area contributed by atoms with Crippen LogP contribution in [-0.2, 0) is 16.0 Å². The Labute approximate surface area is 126 Å². The molecule has 0 unspecified atom stereocenters. The maximum atomic E-state index is 11.7. The molecular weight excluding hydrogens is 272 g/mol. The molecule has 0 aliphatic heterocycles. The molecule has 0 bridgehead atoms. The van der Waals surface area contributed by atoms with E-state index in [0.717, 1.165) is 18.4 Å². The summed E-state index contributed by atoms with van der Waals surface area (Å²) >= 11 is 0. The Morgan fingerprint density at radius 2 is 1.67 bits per heavy atom. The molecule has 0 saturated carbocycles. The van der Waals surface area contributed by atoms with Gasteiger partial charge >= 0.3 is 5.97 Å². The van der Waals surface area contributed by atoms with Crippen molar-refractivity contribution in [2.75, 3.05) is 27.9 Å². The average Bonchev–Trinajstić information content (AvgIpc) is 2.52. The highest BCUT2D eigenvalue weighted by Gasteiger charge is 2.15. The van der Waals surface area contributed by atoms with Crippen LogP contribution in [0.15, 0.2) is 12.1 Å². The zero-order chi connectivity index (χ0) is 15.7. The third-order valence-corrected chi connectivity index (χ3v) is 3.16. The van der Waals surface area contributed by atoms with Gasteiger partial charge in [-0.2, -0.15) is 0 Å². The van der Waals surface area contributed by atoms with Crippen LogP contribution >= 0.6 is 0 Å². The third-order valence-electron chi connectivity index (χ3n) is 3.16. The largest absolute Gasteiger partial charge is 0.496 e. The first-order valence-corrected chi connectivity index (χ1v) is 7.10. The fourth-order valence-corrected chi connectivity index (χ4v) is 1.95. The molecule has 1 aromatic rings. The summed E-state index contributed by atoms with van der Waals surface area (Å²) < 4.78 is 21.0. The number of methoxy groups -OCH3 is 3. The van der Waals surface area contributed by atoms with Gasteiger partial charge < -0.3 is 18.9 Å². The minimum Gasteiger partial charge on any atom is -0.496 e. The number of hydrogen-bond acceptors (Lipinski definition) is 5. The Balaban J connectivity index is 2.75. The van der Waals surface area contributed by atoms with Gasteiger partial charge in [-0.15, -0.1) is 0 Å². The van der Waals surface area contributed by atoms with Crippen molar-refractivity contribution in [1.29, 1.82) is 0 Å². The van der Waals surface area contributed by atoms with Crippen LogP contribution in [0.25, 0.3) is 0 Å². The lowest BCUT2D eigenvalue weighted by Crippen LogP contribution is -2.08. The van der Waals surface area contributed by atoms with Gasteiger partial charge in [0.25, 0.3) is 0 Å². The normalized spacial score (nSPS) is 10.1. The lowest BCUT2D eigenvalue weighted by molar-refractivity contribution is -0.143. The first-order valence-electron chi connectivity index (χ1n) is 7.10. The summed E-state index contributed by atoms with van der Waals surface area (Å²) in [7, 11) is 4.74. The van der Waals surface area contributed by atoms with E-state index in [2.05, 4.69) is 6.92 Å². The van der Waals surface area contributed by atoms with Crippen LogP contribution in [0.3, 0.4) is 0 Å². The Kier molecular flexibility index (Phi) is 7.43. The van der Waals surface area contributed by atoms with Crippen molar-refractivity contribution in [3.05, 3.63) is 17.7 Å². The number of benzene rings is 1. The number of carbonyl (C=O) groups excluding carboxylic acids is 1. The zero-order valence-electron chi connectivity index (χ0n) is 13.2. The number of rotatable bonds is 9. The standard InChI is InChI=1S/C16H24O5/c1-5-6-9-21-16(17)8-7-13-14(19-3)10-12(18-2)11-15(13)20-4/h10-11H,5-9H2,1-4H3. The van der Waals surface area contributed by atoms with Gasteiger partial charge in [-0.1, -0.05) is 13.3 Å². The molecule has 0 aliphatic carbocycles. The maximum absolute atomic E-state index is 11.7. The van der Waals surface area contributed by atoms with Crippen LogP contribution < -0.4 is 14.2 Å². The second kappa shape index (κ2) is 9.10. The van der Waals surface area contributed by atoms with E-state index in [1.54, 1.807) is 33.5 Å². The van der Waals surface area contributed by atoms with Crippen molar-refractivity contribution in [3.63, 3.8) is 0 Å². The molecule has 5 nitrogen and oxygen atoms in total. The van der Waals surface area contributed by atoms with Gasteiger partial charge in [0.1, 0.15) is 17.2 Å². The van der Waals surface area contributed by atoms with E-state index in [1.807, 2.05) is 0 Å². The van der Waals surface area contributed by atoms with Crippen LogP contribution in [0.2, 0.25) is 0 Å². The quantitative estimate of drug-likeness (QED) is 0.518. The summed E-state index contributed by atoms with van der Waals surface area (Å²) in [5.74, 6) is 1.74. The summed E-state index contributed by atoms with van der Waals surface area (Å²) in [4.78, 5) is 11.7. The van der Waals surface area contributed by atoms with Crippen molar-refractivity contribution < 1.29 is 23.7 Å². The number of hydrogen-bond donors (Lipinski definition) is 0. The predicted molar refractivity (Wildman–Crippen MR) is 80.3 cm³/mol. The topological polar surface area (TPSA) is 54.0 Å². The minimum absolute atomic E-state index is 0.205. The first-order chi connectivity index (χ1) is 10.2. The molecule has 0 fully saturated rings. The second-order valence-corrected chi connectivity index (χ2v) is 4.58. The molecule has 1 rings (SSSR count). The van der Waals surface area contributed by atoms with Gasteiger partial charge in [0, 0.05) is 24.1 Å². The molecule has 0 heterocycles. The summed E-state index contributed by atoms with van der Waals surface area (Å²) in [6.45, 7) is 2.53. The van der Waals surface area contributed by atoms with Crippen LogP contribution in [0.1, 0.15) is 31.7 Å². The fraction of sp³-hybridized carbons (Fsp3) is 0.562.